The van der Waals surface area contributed by atoms with E-state index in [2.05, 4.69) is 10.6 Å². The fraction of sp³-hybridized carbons (Fsp3) is 0.571. The van der Waals surface area contributed by atoms with Crippen molar-refractivity contribution >= 4 is 0 Å². The molecule has 1 atom stereocenters. The van der Waals surface area contributed by atoms with E-state index in [1.807, 2.05) is 0 Å². The van der Waals surface area contributed by atoms with Gasteiger partial charge in [-0.2, -0.15) is 0 Å². The van der Waals surface area contributed by atoms with Crippen molar-refractivity contribution in [2.24, 2.45) is 5.92 Å². The summed E-state index contributed by atoms with van der Waals surface area (Å²) in [5.41, 5.74) is 0.400. The maximum atomic E-state index is 13.3. The van der Waals surface area contributed by atoms with E-state index in [1.54, 1.807) is 0 Å². The lowest BCUT2D eigenvalue weighted by atomic mass is 9.96. The van der Waals surface area contributed by atoms with E-state index < -0.39 is 0 Å². The van der Waals surface area contributed by atoms with E-state index in [0.717, 1.165) is 32.1 Å². The highest BCUT2D eigenvalue weighted by Crippen LogP contribution is 2.13. The monoisotopic (exact) mass is 254 g/mol. The maximum Gasteiger partial charge on any atom is 0.127 e. The highest BCUT2D eigenvalue weighted by Gasteiger charge is 2.12. The zero-order valence-electron chi connectivity index (χ0n) is 10.5. The van der Waals surface area contributed by atoms with Gasteiger partial charge in [-0.3, -0.25) is 0 Å². The van der Waals surface area contributed by atoms with Gasteiger partial charge in [-0.25, -0.2) is 8.78 Å². The first-order valence-electron chi connectivity index (χ1n) is 6.61. The highest BCUT2D eigenvalue weighted by atomic mass is 19.1. The van der Waals surface area contributed by atoms with Crippen molar-refractivity contribution in [3.8, 4) is 0 Å². The molecule has 1 heterocycles. The summed E-state index contributed by atoms with van der Waals surface area (Å²) in [6, 6.07) is 3.58. The summed E-state index contributed by atoms with van der Waals surface area (Å²) < 4.78 is 26.3. The maximum absolute atomic E-state index is 13.3. The van der Waals surface area contributed by atoms with Crippen LogP contribution in [0.25, 0.3) is 0 Å². The SMILES string of the molecule is Fc1ccc(F)c(CNCCC2CCCNC2)c1. The van der Waals surface area contributed by atoms with Crippen molar-refractivity contribution in [2.45, 2.75) is 25.8 Å². The fourth-order valence-electron chi connectivity index (χ4n) is 2.38. The summed E-state index contributed by atoms with van der Waals surface area (Å²) in [5.74, 6) is -0.0171. The molecule has 1 fully saturated rings. The minimum Gasteiger partial charge on any atom is -0.316 e. The second-order valence-electron chi connectivity index (χ2n) is 4.91. The van der Waals surface area contributed by atoms with Crippen LogP contribution in [0.1, 0.15) is 24.8 Å². The molecule has 100 valence electrons. The van der Waals surface area contributed by atoms with Crippen LogP contribution in [0.5, 0.6) is 0 Å². The van der Waals surface area contributed by atoms with Crippen LogP contribution in [-0.2, 0) is 6.54 Å². The predicted octanol–water partition coefficient (Wildman–Crippen LogP) is 2.44. The van der Waals surface area contributed by atoms with Gasteiger partial charge >= 0.3 is 0 Å². The Labute approximate surface area is 107 Å². The second-order valence-corrected chi connectivity index (χ2v) is 4.91. The van der Waals surface area contributed by atoms with E-state index in [9.17, 15) is 8.78 Å². The number of hydrogen-bond acceptors (Lipinski definition) is 2. The number of piperidine rings is 1. The van der Waals surface area contributed by atoms with Gasteiger partial charge in [0.2, 0.25) is 0 Å². The molecule has 1 saturated heterocycles. The number of rotatable bonds is 5. The van der Waals surface area contributed by atoms with Crippen LogP contribution in [0.4, 0.5) is 8.78 Å². The zero-order chi connectivity index (χ0) is 12.8. The molecule has 1 aliphatic heterocycles. The molecule has 0 saturated carbocycles. The Morgan fingerprint density at radius 2 is 2.22 bits per heavy atom. The molecule has 2 N–H and O–H groups in total. The predicted molar refractivity (Wildman–Crippen MR) is 68.3 cm³/mol. The Morgan fingerprint density at radius 3 is 3.00 bits per heavy atom. The molecule has 0 aliphatic carbocycles. The molecule has 4 heteroatoms. The molecule has 0 amide bonds. The lowest BCUT2D eigenvalue weighted by molar-refractivity contribution is 0.351. The molecule has 0 aromatic heterocycles. The Bertz CT molecular complexity index is 376. The first-order valence-corrected chi connectivity index (χ1v) is 6.61. The molecule has 2 nitrogen and oxygen atoms in total. The smallest absolute Gasteiger partial charge is 0.127 e. The Hall–Kier alpha value is -1.00. The molecule has 1 aromatic rings. The van der Waals surface area contributed by atoms with Crippen molar-refractivity contribution in [3.63, 3.8) is 0 Å². The summed E-state index contributed by atoms with van der Waals surface area (Å²) in [6.07, 6.45) is 3.59. The number of benzene rings is 1. The summed E-state index contributed by atoms with van der Waals surface area (Å²) in [6.45, 7) is 3.44. The van der Waals surface area contributed by atoms with Gasteiger partial charge in [-0.15, -0.1) is 0 Å². The molecule has 1 unspecified atom stereocenters. The third kappa shape index (κ3) is 4.03. The lowest BCUT2D eigenvalue weighted by Crippen LogP contribution is -2.31. The average molecular weight is 254 g/mol. The van der Waals surface area contributed by atoms with Gasteiger partial charge in [0, 0.05) is 12.1 Å². The van der Waals surface area contributed by atoms with E-state index >= 15 is 0 Å². The summed E-state index contributed by atoms with van der Waals surface area (Å²) in [4.78, 5) is 0. The minimum atomic E-state index is -0.385. The topological polar surface area (TPSA) is 24.1 Å². The number of nitrogens with one attached hydrogen (secondary N) is 2. The third-order valence-electron chi connectivity index (χ3n) is 3.45. The van der Waals surface area contributed by atoms with Gasteiger partial charge in [0.05, 0.1) is 0 Å². The van der Waals surface area contributed by atoms with Crippen LogP contribution < -0.4 is 10.6 Å². The molecule has 0 radical (unpaired) electrons. The molecule has 1 aromatic carbocycles. The van der Waals surface area contributed by atoms with Crippen molar-refractivity contribution in [2.75, 3.05) is 19.6 Å². The van der Waals surface area contributed by atoms with Gasteiger partial charge in [0.1, 0.15) is 11.6 Å². The molecular formula is C14H20F2N2. The van der Waals surface area contributed by atoms with Gasteiger partial charge in [-0.05, 0) is 63.0 Å². The van der Waals surface area contributed by atoms with Crippen LogP contribution in [0, 0.1) is 17.6 Å². The van der Waals surface area contributed by atoms with Crippen molar-refractivity contribution in [3.05, 3.63) is 35.4 Å². The second kappa shape index (κ2) is 6.81. The number of halogens is 2. The Morgan fingerprint density at radius 1 is 1.33 bits per heavy atom. The van der Waals surface area contributed by atoms with Crippen LogP contribution >= 0.6 is 0 Å². The van der Waals surface area contributed by atoms with Gasteiger partial charge in [0.15, 0.2) is 0 Å². The van der Waals surface area contributed by atoms with Gasteiger partial charge in [-0.1, -0.05) is 0 Å². The molecule has 1 aliphatic rings. The van der Waals surface area contributed by atoms with Gasteiger partial charge < -0.3 is 10.6 Å². The summed E-state index contributed by atoms with van der Waals surface area (Å²) >= 11 is 0. The van der Waals surface area contributed by atoms with Crippen molar-refractivity contribution in [1.29, 1.82) is 0 Å². The first kappa shape index (κ1) is 13.4. The summed E-state index contributed by atoms with van der Waals surface area (Å²) in [7, 11) is 0. The zero-order valence-corrected chi connectivity index (χ0v) is 10.5. The van der Waals surface area contributed by atoms with Crippen LogP contribution in [0.15, 0.2) is 18.2 Å². The van der Waals surface area contributed by atoms with Crippen LogP contribution in [-0.4, -0.2) is 19.6 Å². The molecular weight excluding hydrogens is 234 g/mol. The van der Waals surface area contributed by atoms with Crippen molar-refractivity contribution < 1.29 is 8.78 Å². The van der Waals surface area contributed by atoms with E-state index in [0.29, 0.717) is 18.0 Å². The van der Waals surface area contributed by atoms with E-state index in [-0.39, 0.29) is 11.6 Å². The quantitative estimate of drug-likeness (QED) is 0.789. The normalized spacial score (nSPS) is 20.0. The van der Waals surface area contributed by atoms with Crippen LogP contribution in [0.2, 0.25) is 0 Å². The molecule has 18 heavy (non-hydrogen) atoms. The third-order valence-corrected chi connectivity index (χ3v) is 3.45. The van der Waals surface area contributed by atoms with Crippen molar-refractivity contribution in [1.82, 2.24) is 10.6 Å². The molecule has 2 rings (SSSR count). The van der Waals surface area contributed by atoms with Crippen LogP contribution in [0.3, 0.4) is 0 Å². The average Bonchev–Trinajstić information content (AvgIpc) is 2.40. The Balaban J connectivity index is 1.69. The molecule has 0 bridgehead atoms. The standard InChI is InChI=1S/C14H20F2N2/c15-13-3-4-14(16)12(8-13)10-18-7-5-11-2-1-6-17-9-11/h3-4,8,11,17-18H,1-2,5-7,9-10H2. The van der Waals surface area contributed by atoms with E-state index in [1.165, 1.54) is 25.0 Å². The van der Waals surface area contributed by atoms with E-state index in [4.69, 9.17) is 0 Å². The lowest BCUT2D eigenvalue weighted by Gasteiger charge is -2.22. The fourth-order valence-corrected chi connectivity index (χ4v) is 2.38. The summed E-state index contributed by atoms with van der Waals surface area (Å²) in [5, 5.41) is 6.56. The molecule has 0 spiro atoms. The first-order chi connectivity index (χ1) is 8.75. The minimum absolute atomic E-state index is 0.344. The van der Waals surface area contributed by atoms with Gasteiger partial charge in [0.25, 0.3) is 0 Å². The Kier molecular flexibility index (Phi) is 5.08. The number of hydrogen-bond donors (Lipinski definition) is 2. The highest BCUT2D eigenvalue weighted by molar-refractivity contribution is 5.18. The largest absolute Gasteiger partial charge is 0.316 e.